The Balaban J connectivity index is 1.46. The number of carbonyl (C=O) groups excluding carboxylic acids is 1. The van der Waals surface area contributed by atoms with Crippen molar-refractivity contribution in [2.45, 2.75) is 6.92 Å². The quantitative estimate of drug-likeness (QED) is 0.635. The first-order chi connectivity index (χ1) is 13.5. The summed E-state index contributed by atoms with van der Waals surface area (Å²) in [7, 11) is 0. The molecule has 1 aromatic heterocycles. The third-order valence-corrected chi connectivity index (χ3v) is 5.54. The fourth-order valence-corrected chi connectivity index (χ4v) is 3.78. The van der Waals surface area contributed by atoms with Gasteiger partial charge in [-0.15, -0.1) is 0 Å². The van der Waals surface area contributed by atoms with Crippen molar-refractivity contribution in [3.05, 3.63) is 76.0 Å². The van der Waals surface area contributed by atoms with Gasteiger partial charge in [-0.05, 0) is 49.4 Å². The molecule has 0 atom stereocenters. The van der Waals surface area contributed by atoms with Crippen LogP contribution in [-0.2, 0) is 0 Å². The first-order valence-electron chi connectivity index (χ1n) is 9.13. The van der Waals surface area contributed by atoms with Gasteiger partial charge in [0.1, 0.15) is 0 Å². The van der Waals surface area contributed by atoms with Gasteiger partial charge in [-0.3, -0.25) is 4.79 Å². The first-order valence-corrected chi connectivity index (χ1v) is 9.89. The molecule has 2 heterocycles. The number of nitrogens with zero attached hydrogens (tertiary/aromatic N) is 4. The van der Waals surface area contributed by atoms with E-state index in [-0.39, 0.29) is 5.91 Å². The number of piperazine rings is 1. The van der Waals surface area contributed by atoms with Crippen molar-refractivity contribution in [3.8, 4) is 5.69 Å². The molecule has 0 bridgehead atoms. The Kier molecular flexibility index (Phi) is 5.29. The van der Waals surface area contributed by atoms with Gasteiger partial charge in [0.2, 0.25) is 0 Å². The van der Waals surface area contributed by atoms with Crippen molar-refractivity contribution in [2.24, 2.45) is 0 Å². The summed E-state index contributed by atoms with van der Waals surface area (Å²) in [6.45, 7) is 4.79. The number of amides is 1. The Morgan fingerprint density at radius 3 is 2.32 bits per heavy atom. The van der Waals surface area contributed by atoms with Crippen LogP contribution in [0.15, 0.2) is 54.7 Å². The number of hydrogen-bond donors (Lipinski definition) is 0. The summed E-state index contributed by atoms with van der Waals surface area (Å²) >= 11 is 12.1. The Hall–Kier alpha value is -2.50. The van der Waals surface area contributed by atoms with Gasteiger partial charge in [-0.25, -0.2) is 4.68 Å². The van der Waals surface area contributed by atoms with Crippen LogP contribution in [0, 0.1) is 6.92 Å². The molecule has 0 unspecified atom stereocenters. The summed E-state index contributed by atoms with van der Waals surface area (Å²) in [5.41, 5.74) is 3.42. The molecule has 2 aromatic carbocycles. The maximum absolute atomic E-state index is 13.0. The Morgan fingerprint density at radius 1 is 0.929 bits per heavy atom. The molecular formula is C21H20Cl2N4O. The molecule has 5 nitrogen and oxygen atoms in total. The molecule has 0 saturated carbocycles. The third-order valence-electron chi connectivity index (χ3n) is 5.05. The summed E-state index contributed by atoms with van der Waals surface area (Å²) in [6.07, 6.45) is 1.65. The lowest BCUT2D eigenvalue weighted by Gasteiger charge is -2.36. The normalized spacial score (nSPS) is 14.4. The Labute approximate surface area is 174 Å². The standard InChI is InChI=1S/C21H20Cl2N4O/c1-15-20(14-24-27(15)18-7-5-16(22)6-8-18)21(28)26-11-9-25(10-12-26)19-4-2-3-17(23)13-19/h2-8,13-14H,9-12H2,1H3. The molecule has 1 fully saturated rings. The second-order valence-electron chi connectivity index (χ2n) is 6.79. The van der Waals surface area contributed by atoms with Gasteiger partial charge in [-0.1, -0.05) is 29.3 Å². The highest BCUT2D eigenvalue weighted by molar-refractivity contribution is 6.31. The van der Waals surface area contributed by atoms with Crippen molar-refractivity contribution < 1.29 is 4.79 Å². The minimum absolute atomic E-state index is 0.0171. The molecule has 0 aliphatic carbocycles. The lowest BCUT2D eigenvalue weighted by Crippen LogP contribution is -2.48. The highest BCUT2D eigenvalue weighted by Crippen LogP contribution is 2.22. The smallest absolute Gasteiger partial charge is 0.257 e. The first kappa shape index (κ1) is 18.8. The van der Waals surface area contributed by atoms with Crippen LogP contribution in [0.2, 0.25) is 10.0 Å². The van der Waals surface area contributed by atoms with Gasteiger partial charge in [0.25, 0.3) is 5.91 Å². The zero-order valence-corrected chi connectivity index (χ0v) is 17.0. The van der Waals surface area contributed by atoms with Crippen LogP contribution in [0.1, 0.15) is 16.1 Å². The van der Waals surface area contributed by atoms with Crippen LogP contribution in [-0.4, -0.2) is 46.8 Å². The number of anilines is 1. The van der Waals surface area contributed by atoms with Gasteiger partial charge in [0, 0.05) is 41.9 Å². The minimum atomic E-state index is 0.0171. The van der Waals surface area contributed by atoms with E-state index in [9.17, 15) is 4.79 Å². The fraction of sp³-hybridized carbons (Fsp3) is 0.238. The molecule has 3 aromatic rings. The second-order valence-corrected chi connectivity index (χ2v) is 7.66. The zero-order chi connectivity index (χ0) is 19.7. The van der Waals surface area contributed by atoms with E-state index >= 15 is 0 Å². The molecular weight excluding hydrogens is 395 g/mol. The second kappa shape index (κ2) is 7.86. The van der Waals surface area contributed by atoms with Crippen LogP contribution in [0.5, 0.6) is 0 Å². The monoisotopic (exact) mass is 414 g/mol. The van der Waals surface area contributed by atoms with E-state index < -0.39 is 0 Å². The topological polar surface area (TPSA) is 41.4 Å². The summed E-state index contributed by atoms with van der Waals surface area (Å²) in [6, 6.07) is 15.2. The number of hydrogen-bond acceptors (Lipinski definition) is 3. The van der Waals surface area contributed by atoms with Crippen molar-refractivity contribution in [3.63, 3.8) is 0 Å². The maximum Gasteiger partial charge on any atom is 0.257 e. The molecule has 0 radical (unpaired) electrons. The highest BCUT2D eigenvalue weighted by Gasteiger charge is 2.25. The number of benzene rings is 2. The average Bonchev–Trinajstić information content (AvgIpc) is 3.09. The van der Waals surface area contributed by atoms with Crippen molar-refractivity contribution >= 4 is 34.8 Å². The minimum Gasteiger partial charge on any atom is -0.368 e. The van der Waals surface area contributed by atoms with Gasteiger partial charge >= 0.3 is 0 Å². The fourth-order valence-electron chi connectivity index (χ4n) is 3.47. The summed E-state index contributed by atoms with van der Waals surface area (Å²) in [5.74, 6) is 0.0171. The average molecular weight is 415 g/mol. The van der Waals surface area contributed by atoms with Crippen molar-refractivity contribution in [1.29, 1.82) is 0 Å². The van der Waals surface area contributed by atoms with Crippen LogP contribution < -0.4 is 4.90 Å². The predicted octanol–water partition coefficient (Wildman–Crippen LogP) is 4.45. The Morgan fingerprint density at radius 2 is 1.64 bits per heavy atom. The molecule has 4 rings (SSSR count). The number of aromatic nitrogens is 2. The maximum atomic E-state index is 13.0. The summed E-state index contributed by atoms with van der Waals surface area (Å²) in [5, 5.41) is 5.80. The van der Waals surface area contributed by atoms with Gasteiger partial charge in [0.05, 0.1) is 23.1 Å². The lowest BCUT2D eigenvalue weighted by molar-refractivity contribution is 0.0746. The summed E-state index contributed by atoms with van der Waals surface area (Å²) < 4.78 is 1.77. The SMILES string of the molecule is Cc1c(C(=O)N2CCN(c3cccc(Cl)c3)CC2)cnn1-c1ccc(Cl)cc1. The van der Waals surface area contributed by atoms with E-state index in [4.69, 9.17) is 23.2 Å². The van der Waals surface area contributed by atoms with E-state index in [2.05, 4.69) is 10.00 Å². The third kappa shape index (κ3) is 3.73. The van der Waals surface area contributed by atoms with Gasteiger partial charge in [0.15, 0.2) is 0 Å². The molecule has 1 saturated heterocycles. The molecule has 144 valence electrons. The predicted molar refractivity (Wildman–Crippen MR) is 113 cm³/mol. The van der Waals surface area contributed by atoms with E-state index in [0.717, 1.165) is 35.2 Å². The van der Waals surface area contributed by atoms with E-state index in [1.807, 2.05) is 60.4 Å². The van der Waals surface area contributed by atoms with Crippen LogP contribution in [0.25, 0.3) is 5.69 Å². The van der Waals surface area contributed by atoms with E-state index in [1.54, 1.807) is 10.9 Å². The Bertz CT molecular complexity index is 992. The van der Waals surface area contributed by atoms with Crippen LogP contribution in [0.3, 0.4) is 0 Å². The number of rotatable bonds is 3. The number of halogens is 2. The van der Waals surface area contributed by atoms with Crippen molar-refractivity contribution in [2.75, 3.05) is 31.1 Å². The highest BCUT2D eigenvalue weighted by atomic mass is 35.5. The molecule has 7 heteroatoms. The van der Waals surface area contributed by atoms with Crippen molar-refractivity contribution in [1.82, 2.24) is 14.7 Å². The lowest BCUT2D eigenvalue weighted by atomic mass is 10.2. The van der Waals surface area contributed by atoms with Crippen LogP contribution >= 0.6 is 23.2 Å². The molecule has 1 aliphatic rings. The zero-order valence-electron chi connectivity index (χ0n) is 15.5. The van der Waals surface area contributed by atoms with E-state index in [0.29, 0.717) is 23.7 Å². The number of carbonyl (C=O) groups is 1. The molecule has 1 aliphatic heterocycles. The van der Waals surface area contributed by atoms with Gasteiger partial charge < -0.3 is 9.80 Å². The molecule has 0 N–H and O–H groups in total. The molecule has 0 spiro atoms. The van der Waals surface area contributed by atoms with Gasteiger partial charge in [-0.2, -0.15) is 5.10 Å². The molecule has 1 amide bonds. The largest absolute Gasteiger partial charge is 0.368 e. The molecule has 28 heavy (non-hydrogen) atoms. The van der Waals surface area contributed by atoms with E-state index in [1.165, 1.54) is 0 Å². The van der Waals surface area contributed by atoms with Crippen LogP contribution in [0.4, 0.5) is 5.69 Å². The summed E-state index contributed by atoms with van der Waals surface area (Å²) in [4.78, 5) is 17.2.